The van der Waals surface area contributed by atoms with Crippen LogP contribution in [0, 0.1) is 23.7 Å². The highest BCUT2D eigenvalue weighted by Gasteiger charge is 2.61. The molecule has 3 aliphatic heterocycles. The van der Waals surface area contributed by atoms with Crippen LogP contribution in [0.3, 0.4) is 0 Å². The van der Waals surface area contributed by atoms with Gasteiger partial charge in [0, 0.05) is 68.1 Å². The first-order chi connectivity index (χ1) is 27.9. The van der Waals surface area contributed by atoms with Crippen LogP contribution in [0.1, 0.15) is 93.9 Å². The van der Waals surface area contributed by atoms with Crippen molar-refractivity contribution in [3.05, 3.63) is 37.1 Å². The number of imidazole rings is 1. The summed E-state index contributed by atoms with van der Waals surface area (Å²) in [5.74, 6) is -4.85. The first-order valence-corrected chi connectivity index (χ1v) is 21.3. The summed E-state index contributed by atoms with van der Waals surface area (Å²) < 4.78 is 33.4. The zero-order chi connectivity index (χ0) is 43.4. The van der Waals surface area contributed by atoms with Gasteiger partial charge in [-0.05, 0) is 92.4 Å². The van der Waals surface area contributed by atoms with Crippen molar-refractivity contribution in [1.29, 1.82) is 0 Å². The molecule has 15 heteroatoms. The second kappa shape index (κ2) is 19.3. The van der Waals surface area contributed by atoms with Gasteiger partial charge in [-0.3, -0.25) is 19.4 Å². The summed E-state index contributed by atoms with van der Waals surface area (Å²) in [6.07, 6.45) is 4.88. The monoisotopic (exact) mass is 825 g/mol. The van der Waals surface area contributed by atoms with Crippen LogP contribution in [0.2, 0.25) is 0 Å². The number of esters is 1. The highest BCUT2D eigenvalue weighted by molar-refractivity contribution is 6.00. The highest BCUT2D eigenvalue weighted by atomic mass is 16.7. The zero-order valence-corrected chi connectivity index (χ0v) is 36.8. The molecule has 0 radical (unpaired) electrons. The van der Waals surface area contributed by atoms with E-state index in [2.05, 4.69) is 9.97 Å². The molecule has 13 atom stereocenters. The molecule has 15 nitrogen and oxygen atoms in total. The van der Waals surface area contributed by atoms with Crippen molar-refractivity contribution < 1.29 is 48.0 Å². The number of aliphatic hydroxyl groups is 1. The molecule has 3 fully saturated rings. The minimum atomic E-state index is -1.40. The predicted octanol–water partition coefficient (Wildman–Crippen LogP) is 5.32. The minimum Gasteiger partial charge on any atom is -0.458 e. The molecule has 328 valence electrons. The van der Waals surface area contributed by atoms with Gasteiger partial charge < -0.3 is 43.2 Å². The molecule has 3 aliphatic rings. The Bertz CT molecular complexity index is 1760. The van der Waals surface area contributed by atoms with Crippen LogP contribution in [0.4, 0.5) is 4.79 Å². The summed E-state index contributed by atoms with van der Waals surface area (Å²) in [5, 5.41) is 11.5. The van der Waals surface area contributed by atoms with Gasteiger partial charge in [-0.15, -0.1) is 0 Å². The number of aromatic nitrogens is 3. The van der Waals surface area contributed by atoms with Crippen LogP contribution >= 0.6 is 0 Å². The molecule has 59 heavy (non-hydrogen) atoms. The van der Waals surface area contributed by atoms with Gasteiger partial charge in [0.25, 0.3) is 0 Å². The van der Waals surface area contributed by atoms with Crippen LogP contribution < -0.4 is 0 Å². The molecule has 5 heterocycles. The van der Waals surface area contributed by atoms with E-state index in [9.17, 15) is 24.3 Å². The molecule has 0 spiro atoms. The number of carbonyl (C=O) groups is 4. The molecule has 2 aromatic heterocycles. The second-order valence-corrected chi connectivity index (χ2v) is 17.6. The number of aliphatic hydroxyl groups excluding tert-OH is 1. The summed E-state index contributed by atoms with van der Waals surface area (Å²) in [4.78, 5) is 69.6. The molecule has 1 N–H and O–H groups in total. The van der Waals surface area contributed by atoms with Crippen molar-refractivity contribution in [3.63, 3.8) is 0 Å². The number of hydrogen-bond acceptors (Lipinski definition) is 13. The van der Waals surface area contributed by atoms with E-state index < -0.39 is 83.4 Å². The molecule has 0 bridgehead atoms. The van der Waals surface area contributed by atoms with E-state index in [4.69, 9.17) is 23.7 Å². The van der Waals surface area contributed by atoms with Gasteiger partial charge in [0.2, 0.25) is 0 Å². The lowest BCUT2D eigenvalue weighted by Gasteiger charge is -2.47. The summed E-state index contributed by atoms with van der Waals surface area (Å²) >= 11 is 0. The average Bonchev–Trinajstić information content (AvgIpc) is 3.79. The second-order valence-electron chi connectivity index (χ2n) is 17.6. The molecule has 1 amide bonds. The number of fused-ring (bicyclic) bond motifs is 1. The van der Waals surface area contributed by atoms with Crippen LogP contribution in [-0.4, -0.2) is 135 Å². The minimum absolute atomic E-state index is 0.115. The number of rotatable bonds is 12. The quantitative estimate of drug-likeness (QED) is 0.166. The van der Waals surface area contributed by atoms with Crippen molar-refractivity contribution in [2.45, 2.75) is 154 Å². The average molecular weight is 826 g/mol. The number of methoxy groups -OCH3 is 1. The number of cyclic esters (lactones) is 1. The number of pyridine rings is 1. The molecule has 0 saturated carbocycles. The molecule has 5 rings (SSSR count). The Hall–Kier alpha value is -3.76. The number of ether oxygens (including phenoxy) is 5. The third-order valence-electron chi connectivity index (χ3n) is 13.1. The fourth-order valence-electron chi connectivity index (χ4n) is 9.62. The maximum Gasteiger partial charge on any atom is 0.410 e. The van der Waals surface area contributed by atoms with E-state index in [1.807, 2.05) is 69.6 Å². The summed E-state index contributed by atoms with van der Waals surface area (Å²) in [6, 6.07) is 2.76. The van der Waals surface area contributed by atoms with Crippen molar-refractivity contribution in [2.75, 3.05) is 27.7 Å². The Morgan fingerprint density at radius 2 is 1.73 bits per heavy atom. The van der Waals surface area contributed by atoms with Gasteiger partial charge >= 0.3 is 12.1 Å². The van der Waals surface area contributed by atoms with Crippen LogP contribution in [0.5, 0.6) is 0 Å². The lowest BCUT2D eigenvalue weighted by Crippen LogP contribution is -2.60. The Morgan fingerprint density at radius 3 is 2.36 bits per heavy atom. The molecular formula is C44H67N5O10. The zero-order valence-electron chi connectivity index (χ0n) is 36.8. The van der Waals surface area contributed by atoms with Crippen LogP contribution in [0.25, 0.3) is 11.3 Å². The number of carbonyl (C=O) groups excluding carboxylic acids is 4. The summed E-state index contributed by atoms with van der Waals surface area (Å²) in [5.41, 5.74) is -0.935. The lowest BCUT2D eigenvalue weighted by molar-refractivity contribution is -0.295. The third-order valence-corrected chi connectivity index (χ3v) is 13.1. The fraction of sp³-hybridized carbons (Fsp3) is 0.727. The van der Waals surface area contributed by atoms with Gasteiger partial charge in [0.1, 0.15) is 23.9 Å². The SMILES string of the molecule is CCC1C(=O)[C@H](C)C[C@](C)(OC)[C@H](O[C@@H]2O[C@H](C)C[C@H](N(C)C)[C@H]2O)[C@@H](C)C(=O)[C@@H](C)C(=O)O[C@H](CC)[C@@]2(C)OC(=O)N(CCCCn3cnc(-c4cccnc4)c3)C12. The maximum atomic E-state index is 14.9. The van der Waals surface area contributed by atoms with E-state index in [-0.39, 0.29) is 30.8 Å². The van der Waals surface area contributed by atoms with E-state index in [1.54, 1.807) is 44.4 Å². The van der Waals surface area contributed by atoms with Crippen molar-refractivity contribution in [2.24, 2.45) is 23.7 Å². The van der Waals surface area contributed by atoms with Crippen molar-refractivity contribution >= 4 is 23.6 Å². The topological polar surface area (TPSA) is 172 Å². The van der Waals surface area contributed by atoms with E-state index in [1.165, 1.54) is 14.0 Å². The van der Waals surface area contributed by atoms with Gasteiger partial charge in [0.05, 0.1) is 35.9 Å². The van der Waals surface area contributed by atoms with Crippen LogP contribution in [-0.2, 0) is 44.6 Å². The van der Waals surface area contributed by atoms with Gasteiger partial charge in [-0.1, -0.05) is 27.7 Å². The summed E-state index contributed by atoms with van der Waals surface area (Å²) in [6.45, 7) is 15.1. The maximum absolute atomic E-state index is 14.9. The summed E-state index contributed by atoms with van der Waals surface area (Å²) in [7, 11) is 5.25. The largest absolute Gasteiger partial charge is 0.458 e. The first-order valence-electron chi connectivity index (χ1n) is 21.3. The van der Waals surface area contributed by atoms with Crippen molar-refractivity contribution in [1.82, 2.24) is 24.3 Å². The fourth-order valence-corrected chi connectivity index (χ4v) is 9.62. The Labute approximate surface area is 349 Å². The molecular weight excluding hydrogens is 759 g/mol. The Balaban J connectivity index is 1.46. The molecule has 0 aliphatic carbocycles. The number of likely N-dealkylation sites (N-methyl/N-ethyl adjacent to an activating group) is 1. The normalized spacial score (nSPS) is 36.3. The van der Waals surface area contributed by atoms with Gasteiger partial charge in [-0.2, -0.15) is 0 Å². The van der Waals surface area contributed by atoms with E-state index >= 15 is 0 Å². The number of amides is 1. The van der Waals surface area contributed by atoms with Gasteiger partial charge in [-0.25, -0.2) is 9.78 Å². The van der Waals surface area contributed by atoms with E-state index in [0.717, 1.165) is 11.3 Å². The number of Topliss-reactive ketones (excluding diaryl/α,β-unsaturated/α-hetero) is 2. The lowest BCUT2D eigenvalue weighted by atomic mass is 9.72. The molecule has 3 saturated heterocycles. The predicted molar refractivity (Wildman–Crippen MR) is 219 cm³/mol. The molecule has 0 aromatic carbocycles. The standard InChI is InChI=1S/C44H67N5O10/c1-12-31-35(50)26(3)22-43(7,55-11)39(58-41-37(52)33(47(9)10)21-27(4)56-41)28(5)36(51)29(6)40(53)57-34(13-2)44(8)38(31)49(42(54)59-44)20-15-14-19-48-24-32(46-25-48)30-17-16-18-45-23-30/h16-18,23-29,31,33-34,37-39,41,52H,12-15,19-22H2,1-11H3/t26-,27-,28+,29-,31?,33+,34-,37-,38?,39-,41+,43+,44-/m1/s1. The highest BCUT2D eigenvalue weighted by Crippen LogP contribution is 2.44. The smallest absolute Gasteiger partial charge is 0.410 e. The number of aryl methyl sites for hydroxylation is 1. The van der Waals surface area contributed by atoms with E-state index in [0.29, 0.717) is 38.8 Å². The van der Waals surface area contributed by atoms with Crippen molar-refractivity contribution in [3.8, 4) is 11.3 Å². The molecule has 2 aromatic rings. The Morgan fingerprint density at radius 1 is 1.02 bits per heavy atom. The molecule has 2 unspecified atom stereocenters. The first kappa shape index (κ1) is 46.3. The van der Waals surface area contributed by atoms with Gasteiger partial charge in [0.15, 0.2) is 17.7 Å². The third kappa shape index (κ3) is 9.75. The Kier molecular flexibility index (Phi) is 15.2. The van der Waals surface area contributed by atoms with Crippen LogP contribution in [0.15, 0.2) is 37.1 Å². The number of ketones is 2. The number of nitrogens with zero attached hydrogens (tertiary/aromatic N) is 5. The number of unbranched alkanes of at least 4 members (excludes halogenated alkanes) is 1. The number of hydrogen-bond donors (Lipinski definition) is 1.